The zero-order valence-corrected chi connectivity index (χ0v) is 13.0. The summed E-state index contributed by atoms with van der Waals surface area (Å²) in [6.07, 6.45) is 3.18. The molecule has 0 heterocycles. The molecule has 0 unspecified atom stereocenters. The highest BCUT2D eigenvalue weighted by Gasteiger charge is 2.41. The van der Waals surface area contributed by atoms with Crippen LogP contribution in [0.15, 0.2) is 0 Å². The Bertz CT molecular complexity index is 281. The van der Waals surface area contributed by atoms with E-state index in [1.807, 2.05) is 0 Å². The molecular weight excluding hydrogens is 232 g/mol. The van der Waals surface area contributed by atoms with E-state index in [0.29, 0.717) is 0 Å². The van der Waals surface area contributed by atoms with Gasteiger partial charge in [-0.3, -0.25) is 4.79 Å². The summed E-state index contributed by atoms with van der Waals surface area (Å²) < 4.78 is 11.6. The second kappa shape index (κ2) is 5.10. The van der Waals surface area contributed by atoms with E-state index in [9.17, 15) is 4.79 Å². The first kappa shape index (κ1) is 14.7. The standard InChI is InChI=1S/C13H26O3Si/c1-10(14)15-11-7-8-12(9-11)16-17(5,6)13(2,3)4/h11-12H,7-9H2,1-6H3/t11-,12-/m0/s1. The molecule has 100 valence electrons. The smallest absolute Gasteiger partial charge is 0.302 e. The Labute approximate surface area is 106 Å². The summed E-state index contributed by atoms with van der Waals surface area (Å²) in [7, 11) is -1.68. The molecule has 17 heavy (non-hydrogen) atoms. The third kappa shape index (κ3) is 4.10. The molecule has 4 heteroatoms. The van der Waals surface area contributed by atoms with Crippen LogP contribution in [0.25, 0.3) is 0 Å². The molecule has 1 saturated carbocycles. The fourth-order valence-corrected chi connectivity index (χ4v) is 3.34. The topological polar surface area (TPSA) is 35.5 Å². The van der Waals surface area contributed by atoms with Crippen molar-refractivity contribution in [3.8, 4) is 0 Å². The van der Waals surface area contributed by atoms with Gasteiger partial charge in [0.05, 0.1) is 0 Å². The Morgan fingerprint density at radius 2 is 1.71 bits per heavy atom. The SMILES string of the molecule is CC(=O)O[C@H]1CC[C@H](O[Si](C)(C)C(C)(C)C)C1. The molecule has 0 radical (unpaired) electrons. The second-order valence-corrected chi connectivity index (χ2v) is 11.3. The van der Waals surface area contributed by atoms with Crippen molar-refractivity contribution in [2.24, 2.45) is 0 Å². The molecule has 2 atom stereocenters. The van der Waals surface area contributed by atoms with Crippen LogP contribution in [0.3, 0.4) is 0 Å². The Balaban J connectivity index is 2.48. The van der Waals surface area contributed by atoms with E-state index in [1.165, 1.54) is 6.92 Å². The Kier molecular flexibility index (Phi) is 4.41. The van der Waals surface area contributed by atoms with Crippen molar-refractivity contribution in [3.05, 3.63) is 0 Å². The van der Waals surface area contributed by atoms with Crippen molar-refractivity contribution in [1.29, 1.82) is 0 Å². The molecule has 1 rings (SSSR count). The van der Waals surface area contributed by atoms with Crippen LogP contribution in [0.5, 0.6) is 0 Å². The average Bonchev–Trinajstić information content (AvgIpc) is 2.48. The van der Waals surface area contributed by atoms with Crippen molar-refractivity contribution in [2.75, 3.05) is 0 Å². The highest BCUT2D eigenvalue weighted by atomic mass is 28.4. The minimum atomic E-state index is -1.68. The summed E-state index contributed by atoms with van der Waals surface area (Å²) in [5.41, 5.74) is 0. The lowest BCUT2D eigenvalue weighted by Crippen LogP contribution is -2.43. The van der Waals surface area contributed by atoms with Gasteiger partial charge in [-0.2, -0.15) is 0 Å². The first-order valence-corrected chi connectivity index (χ1v) is 9.38. The Morgan fingerprint density at radius 3 is 2.18 bits per heavy atom. The van der Waals surface area contributed by atoms with Gasteiger partial charge in [0.25, 0.3) is 0 Å². The molecule has 0 bridgehead atoms. The van der Waals surface area contributed by atoms with Crippen molar-refractivity contribution in [2.45, 2.75) is 77.3 Å². The lowest BCUT2D eigenvalue weighted by Gasteiger charge is -2.38. The molecule has 0 amide bonds. The molecule has 0 aromatic carbocycles. The van der Waals surface area contributed by atoms with Gasteiger partial charge in [-0.15, -0.1) is 0 Å². The number of esters is 1. The van der Waals surface area contributed by atoms with Gasteiger partial charge in [0.2, 0.25) is 0 Å². The largest absolute Gasteiger partial charge is 0.462 e. The van der Waals surface area contributed by atoms with Crippen molar-refractivity contribution < 1.29 is 14.0 Å². The van der Waals surface area contributed by atoms with E-state index in [-0.39, 0.29) is 23.2 Å². The lowest BCUT2D eigenvalue weighted by molar-refractivity contribution is -0.146. The van der Waals surface area contributed by atoms with Gasteiger partial charge in [0, 0.05) is 19.4 Å². The third-order valence-corrected chi connectivity index (χ3v) is 8.47. The minimum absolute atomic E-state index is 0.0715. The van der Waals surface area contributed by atoms with Crippen LogP contribution in [0.4, 0.5) is 0 Å². The third-order valence-electron chi connectivity index (χ3n) is 3.94. The van der Waals surface area contributed by atoms with Crippen LogP contribution in [0.2, 0.25) is 18.1 Å². The van der Waals surface area contributed by atoms with E-state index >= 15 is 0 Å². The maximum Gasteiger partial charge on any atom is 0.302 e. The first-order valence-electron chi connectivity index (χ1n) is 6.47. The first-order chi connectivity index (χ1) is 7.62. The average molecular weight is 258 g/mol. The van der Waals surface area contributed by atoms with Crippen LogP contribution in [-0.4, -0.2) is 26.5 Å². The van der Waals surface area contributed by atoms with Crippen molar-refractivity contribution in [3.63, 3.8) is 0 Å². The van der Waals surface area contributed by atoms with E-state index in [0.717, 1.165) is 19.3 Å². The lowest BCUT2D eigenvalue weighted by atomic mass is 10.2. The summed E-state index contributed by atoms with van der Waals surface area (Å²) in [6.45, 7) is 12.8. The summed E-state index contributed by atoms with van der Waals surface area (Å²) in [6, 6.07) is 0. The van der Waals surface area contributed by atoms with Crippen LogP contribution in [0.1, 0.15) is 47.0 Å². The van der Waals surface area contributed by atoms with E-state index in [4.69, 9.17) is 9.16 Å². The van der Waals surface area contributed by atoms with Crippen molar-refractivity contribution >= 4 is 14.3 Å². The highest BCUT2D eigenvalue weighted by Crippen LogP contribution is 2.39. The molecule has 0 spiro atoms. The van der Waals surface area contributed by atoms with E-state index in [2.05, 4.69) is 33.9 Å². The summed E-state index contributed by atoms with van der Waals surface area (Å²) in [5.74, 6) is -0.178. The van der Waals surface area contributed by atoms with Crippen molar-refractivity contribution in [1.82, 2.24) is 0 Å². The Morgan fingerprint density at radius 1 is 1.18 bits per heavy atom. The Hall–Kier alpha value is -0.353. The minimum Gasteiger partial charge on any atom is -0.462 e. The second-order valence-electron chi connectivity index (χ2n) is 6.54. The molecule has 1 aliphatic carbocycles. The summed E-state index contributed by atoms with van der Waals surface area (Å²) >= 11 is 0. The van der Waals surface area contributed by atoms with Crippen LogP contribution in [0, 0.1) is 0 Å². The van der Waals surface area contributed by atoms with E-state index < -0.39 is 8.32 Å². The maximum atomic E-state index is 10.9. The number of carbonyl (C=O) groups is 1. The van der Waals surface area contributed by atoms with Gasteiger partial charge in [-0.05, 0) is 31.0 Å². The number of hydrogen-bond acceptors (Lipinski definition) is 3. The molecule has 0 N–H and O–H groups in total. The summed E-state index contributed by atoms with van der Waals surface area (Å²) in [5, 5.41) is 0.243. The normalized spacial score (nSPS) is 26.0. The molecule has 0 aromatic rings. The highest BCUT2D eigenvalue weighted by molar-refractivity contribution is 6.74. The molecule has 1 fully saturated rings. The molecule has 0 aromatic heterocycles. The maximum absolute atomic E-state index is 10.9. The van der Waals surface area contributed by atoms with Crippen LogP contribution < -0.4 is 0 Å². The van der Waals surface area contributed by atoms with Gasteiger partial charge in [0.15, 0.2) is 8.32 Å². The van der Waals surface area contributed by atoms with Crippen LogP contribution >= 0.6 is 0 Å². The van der Waals surface area contributed by atoms with E-state index in [1.54, 1.807) is 0 Å². The summed E-state index contributed by atoms with van der Waals surface area (Å²) in [4.78, 5) is 10.9. The zero-order valence-electron chi connectivity index (χ0n) is 12.0. The predicted octanol–water partition coefficient (Wildman–Crippen LogP) is 3.49. The molecule has 0 aliphatic heterocycles. The molecule has 1 aliphatic rings. The number of hydrogen-bond donors (Lipinski definition) is 0. The quantitative estimate of drug-likeness (QED) is 0.574. The zero-order chi connectivity index (χ0) is 13.3. The predicted molar refractivity (Wildman–Crippen MR) is 71.5 cm³/mol. The monoisotopic (exact) mass is 258 g/mol. The fraction of sp³-hybridized carbons (Fsp3) is 0.923. The van der Waals surface area contributed by atoms with Gasteiger partial charge in [-0.25, -0.2) is 0 Å². The molecule has 3 nitrogen and oxygen atoms in total. The fourth-order valence-electron chi connectivity index (χ4n) is 1.94. The molecular formula is C13H26O3Si. The van der Waals surface area contributed by atoms with Gasteiger partial charge in [0.1, 0.15) is 6.10 Å². The van der Waals surface area contributed by atoms with Crippen LogP contribution in [-0.2, 0) is 14.0 Å². The van der Waals surface area contributed by atoms with Gasteiger partial charge >= 0.3 is 5.97 Å². The molecule has 0 saturated heterocycles. The number of ether oxygens (including phenoxy) is 1. The van der Waals surface area contributed by atoms with Gasteiger partial charge in [-0.1, -0.05) is 20.8 Å². The number of rotatable bonds is 3. The number of carbonyl (C=O) groups excluding carboxylic acids is 1. The van der Waals surface area contributed by atoms with Gasteiger partial charge < -0.3 is 9.16 Å².